The van der Waals surface area contributed by atoms with Crippen molar-refractivity contribution in [3.63, 3.8) is 0 Å². The predicted molar refractivity (Wildman–Crippen MR) is 119 cm³/mol. The molecule has 10 heteroatoms. The van der Waals surface area contributed by atoms with E-state index in [9.17, 15) is 21.6 Å². The Balaban J connectivity index is 1.69. The summed E-state index contributed by atoms with van der Waals surface area (Å²) >= 11 is 0. The molecule has 1 heterocycles. The van der Waals surface area contributed by atoms with E-state index in [4.69, 9.17) is 0 Å². The molecule has 0 saturated carbocycles. The maximum Gasteiger partial charge on any atom is 0.243 e. The molecule has 168 valence electrons. The van der Waals surface area contributed by atoms with Gasteiger partial charge in [-0.25, -0.2) is 16.8 Å². The van der Waals surface area contributed by atoms with E-state index in [1.807, 2.05) is 26.0 Å². The van der Waals surface area contributed by atoms with E-state index in [2.05, 4.69) is 5.32 Å². The van der Waals surface area contributed by atoms with Crippen LogP contribution in [-0.4, -0.2) is 57.5 Å². The van der Waals surface area contributed by atoms with E-state index >= 15 is 0 Å². The van der Waals surface area contributed by atoms with Crippen LogP contribution in [-0.2, 0) is 24.8 Å². The summed E-state index contributed by atoms with van der Waals surface area (Å²) < 4.78 is 54.3. The average Bonchev–Trinajstić information content (AvgIpc) is 2.74. The summed E-state index contributed by atoms with van der Waals surface area (Å²) in [4.78, 5) is 11.4. The molecule has 0 spiro atoms. The maximum absolute atomic E-state index is 12.9. The van der Waals surface area contributed by atoms with Crippen LogP contribution in [0.25, 0.3) is 0 Å². The summed E-state index contributed by atoms with van der Waals surface area (Å²) in [5.74, 6) is 0.0598. The molecule has 0 radical (unpaired) electrons. The lowest BCUT2D eigenvalue weighted by molar-refractivity contribution is -0.114. The molecule has 1 aliphatic heterocycles. The number of piperazine rings is 1. The van der Waals surface area contributed by atoms with E-state index in [-0.39, 0.29) is 41.9 Å². The largest absolute Gasteiger partial charge is 0.326 e. The van der Waals surface area contributed by atoms with E-state index < -0.39 is 20.0 Å². The van der Waals surface area contributed by atoms with Crippen LogP contribution in [0.3, 0.4) is 0 Å². The van der Waals surface area contributed by atoms with Gasteiger partial charge in [0.2, 0.25) is 26.0 Å². The third-order valence-electron chi connectivity index (χ3n) is 5.19. The lowest BCUT2D eigenvalue weighted by Crippen LogP contribution is -2.50. The molecule has 0 bridgehead atoms. The first-order chi connectivity index (χ1) is 14.5. The van der Waals surface area contributed by atoms with E-state index in [0.717, 1.165) is 5.56 Å². The Morgan fingerprint density at radius 1 is 0.774 bits per heavy atom. The molecule has 1 amide bonds. The zero-order valence-electron chi connectivity index (χ0n) is 17.8. The minimum atomic E-state index is -3.76. The second kappa shape index (κ2) is 9.07. The fourth-order valence-corrected chi connectivity index (χ4v) is 6.23. The minimum Gasteiger partial charge on any atom is -0.326 e. The van der Waals surface area contributed by atoms with Crippen molar-refractivity contribution in [3.05, 3.63) is 54.1 Å². The number of benzene rings is 2. The first-order valence-electron chi connectivity index (χ1n) is 10.00. The zero-order chi connectivity index (χ0) is 22.8. The quantitative estimate of drug-likeness (QED) is 0.706. The van der Waals surface area contributed by atoms with Gasteiger partial charge in [0.05, 0.1) is 9.79 Å². The summed E-state index contributed by atoms with van der Waals surface area (Å²) in [6, 6.07) is 12.7. The van der Waals surface area contributed by atoms with Gasteiger partial charge in [-0.2, -0.15) is 8.61 Å². The smallest absolute Gasteiger partial charge is 0.243 e. The number of carbonyl (C=O) groups is 1. The Morgan fingerprint density at radius 3 is 1.52 bits per heavy atom. The topological polar surface area (TPSA) is 104 Å². The Hall–Kier alpha value is -2.27. The third kappa shape index (κ3) is 5.15. The van der Waals surface area contributed by atoms with E-state index in [1.54, 1.807) is 12.1 Å². The first kappa shape index (κ1) is 23.4. The molecular formula is C21H27N3O5S2. The van der Waals surface area contributed by atoms with Crippen LogP contribution >= 0.6 is 0 Å². The van der Waals surface area contributed by atoms with Crippen LogP contribution in [0.15, 0.2) is 58.3 Å². The fourth-order valence-electron chi connectivity index (χ4n) is 3.39. The molecule has 0 aliphatic carbocycles. The van der Waals surface area contributed by atoms with Gasteiger partial charge in [-0.15, -0.1) is 0 Å². The molecule has 0 aromatic heterocycles. The van der Waals surface area contributed by atoms with Gasteiger partial charge in [-0.1, -0.05) is 26.0 Å². The van der Waals surface area contributed by atoms with Gasteiger partial charge in [0.25, 0.3) is 0 Å². The maximum atomic E-state index is 12.9. The number of nitrogens with zero attached hydrogens (tertiary/aromatic N) is 2. The van der Waals surface area contributed by atoms with Gasteiger partial charge >= 0.3 is 0 Å². The molecule has 1 fully saturated rings. The summed E-state index contributed by atoms with van der Waals surface area (Å²) in [5.41, 5.74) is 1.56. The molecule has 1 saturated heterocycles. The molecule has 3 rings (SSSR count). The van der Waals surface area contributed by atoms with Gasteiger partial charge in [-0.05, 0) is 47.9 Å². The normalized spacial score (nSPS) is 16.4. The lowest BCUT2D eigenvalue weighted by atomic mass is 10.0. The lowest BCUT2D eigenvalue weighted by Gasteiger charge is -2.33. The molecule has 2 aromatic rings. The van der Waals surface area contributed by atoms with Crippen molar-refractivity contribution in [1.82, 2.24) is 8.61 Å². The van der Waals surface area contributed by atoms with Crippen LogP contribution < -0.4 is 5.32 Å². The Labute approximate surface area is 184 Å². The van der Waals surface area contributed by atoms with Crippen molar-refractivity contribution in [1.29, 1.82) is 0 Å². The van der Waals surface area contributed by atoms with Crippen LogP contribution in [0, 0.1) is 0 Å². The SMILES string of the molecule is CC(=O)Nc1ccc(S(=O)(=O)N2CCN(S(=O)(=O)c3ccc(C(C)C)cc3)CC2)cc1. The Bertz CT molecular complexity index is 1130. The van der Waals surface area contributed by atoms with Crippen molar-refractivity contribution in [3.8, 4) is 0 Å². The number of hydrogen-bond acceptors (Lipinski definition) is 5. The van der Waals surface area contributed by atoms with Gasteiger partial charge in [0.1, 0.15) is 0 Å². The number of carbonyl (C=O) groups excluding carboxylic acids is 1. The monoisotopic (exact) mass is 465 g/mol. The van der Waals surface area contributed by atoms with Gasteiger partial charge < -0.3 is 5.32 Å². The van der Waals surface area contributed by atoms with Crippen molar-refractivity contribution in [2.45, 2.75) is 36.5 Å². The average molecular weight is 466 g/mol. The second-order valence-electron chi connectivity index (χ2n) is 7.74. The number of hydrogen-bond donors (Lipinski definition) is 1. The molecular weight excluding hydrogens is 438 g/mol. The Morgan fingerprint density at radius 2 is 1.16 bits per heavy atom. The van der Waals surface area contributed by atoms with Crippen molar-refractivity contribution in [2.24, 2.45) is 0 Å². The van der Waals surface area contributed by atoms with Crippen molar-refractivity contribution < 1.29 is 21.6 Å². The summed E-state index contributed by atoms with van der Waals surface area (Å²) in [7, 11) is -7.44. The van der Waals surface area contributed by atoms with Crippen LogP contribution in [0.5, 0.6) is 0 Å². The van der Waals surface area contributed by atoms with Crippen molar-refractivity contribution in [2.75, 3.05) is 31.5 Å². The minimum absolute atomic E-state index is 0.0685. The third-order valence-corrected chi connectivity index (χ3v) is 9.02. The highest BCUT2D eigenvalue weighted by atomic mass is 32.2. The van der Waals surface area contributed by atoms with Gasteiger partial charge in [-0.3, -0.25) is 4.79 Å². The number of amides is 1. The number of anilines is 1. The summed E-state index contributed by atoms with van der Waals surface area (Å²) in [6.07, 6.45) is 0. The highest BCUT2D eigenvalue weighted by Gasteiger charge is 2.33. The highest BCUT2D eigenvalue weighted by molar-refractivity contribution is 7.89. The molecule has 0 unspecified atom stereocenters. The molecule has 1 aliphatic rings. The predicted octanol–water partition coefficient (Wildman–Crippen LogP) is 2.46. The van der Waals surface area contributed by atoms with E-state index in [1.165, 1.54) is 39.8 Å². The number of sulfonamides is 2. The molecule has 0 atom stereocenters. The van der Waals surface area contributed by atoms with Crippen LogP contribution in [0.4, 0.5) is 5.69 Å². The first-order valence-corrected chi connectivity index (χ1v) is 12.9. The standard InChI is InChI=1S/C21H27N3O5S2/c1-16(2)18-4-8-20(9-5-18)30(26,27)23-12-14-24(15-13-23)31(28,29)21-10-6-19(7-11-21)22-17(3)25/h4-11,16H,12-15H2,1-3H3,(H,22,25). The Kier molecular flexibility index (Phi) is 6.85. The molecule has 31 heavy (non-hydrogen) atoms. The summed E-state index contributed by atoms with van der Waals surface area (Å²) in [5, 5.41) is 2.59. The zero-order valence-corrected chi connectivity index (χ0v) is 19.4. The molecule has 1 N–H and O–H groups in total. The van der Waals surface area contributed by atoms with Gasteiger partial charge in [0, 0.05) is 38.8 Å². The molecule has 8 nitrogen and oxygen atoms in total. The fraction of sp³-hybridized carbons (Fsp3) is 0.381. The highest BCUT2D eigenvalue weighted by Crippen LogP contribution is 2.24. The number of nitrogens with one attached hydrogen (secondary N) is 1. The van der Waals surface area contributed by atoms with Crippen LogP contribution in [0.1, 0.15) is 32.3 Å². The second-order valence-corrected chi connectivity index (χ2v) is 11.6. The van der Waals surface area contributed by atoms with E-state index in [0.29, 0.717) is 11.6 Å². The van der Waals surface area contributed by atoms with Crippen molar-refractivity contribution >= 4 is 31.6 Å². The number of rotatable bonds is 6. The summed E-state index contributed by atoms with van der Waals surface area (Å²) in [6.45, 7) is 5.75. The molecule has 2 aromatic carbocycles. The van der Waals surface area contributed by atoms with Crippen LogP contribution in [0.2, 0.25) is 0 Å². The van der Waals surface area contributed by atoms with Gasteiger partial charge in [0.15, 0.2) is 0 Å².